The minimum atomic E-state index is -0.234. The largest absolute Gasteiger partial charge is 0.494 e. The molecule has 0 aromatic heterocycles. The standard InChI is InChI=1S/C25H28ClN3O3/c1-3-32-21-10-6-19(7-11-21)22-23(28-16-14-27(2)15-17-28)25(31)29(24(22)30)13-12-18-4-8-20(26)9-5-18/h4-11H,3,12-17H2,1-2H3. The molecule has 2 amide bonds. The minimum Gasteiger partial charge on any atom is -0.494 e. The molecule has 2 aromatic rings. The second-order valence-electron chi connectivity index (χ2n) is 8.11. The van der Waals surface area contributed by atoms with E-state index in [9.17, 15) is 9.59 Å². The van der Waals surface area contributed by atoms with Crippen LogP contribution in [0.3, 0.4) is 0 Å². The van der Waals surface area contributed by atoms with Crippen LogP contribution < -0.4 is 4.74 Å². The van der Waals surface area contributed by atoms with Gasteiger partial charge in [-0.3, -0.25) is 14.5 Å². The number of halogens is 1. The molecule has 0 N–H and O–H groups in total. The summed E-state index contributed by atoms with van der Waals surface area (Å²) in [6.07, 6.45) is 0.585. The normalized spacial score (nSPS) is 17.5. The van der Waals surface area contributed by atoms with Gasteiger partial charge in [0.25, 0.3) is 11.8 Å². The van der Waals surface area contributed by atoms with Crippen molar-refractivity contribution in [1.29, 1.82) is 0 Å². The van der Waals surface area contributed by atoms with E-state index in [1.54, 1.807) is 0 Å². The van der Waals surface area contributed by atoms with Gasteiger partial charge in [-0.15, -0.1) is 0 Å². The molecule has 1 saturated heterocycles. The van der Waals surface area contributed by atoms with E-state index in [1.165, 1.54) is 4.90 Å². The molecule has 2 aromatic carbocycles. The first-order valence-corrected chi connectivity index (χ1v) is 11.4. The molecule has 4 rings (SSSR count). The molecule has 0 saturated carbocycles. The van der Waals surface area contributed by atoms with E-state index in [0.717, 1.165) is 43.1 Å². The molecule has 0 radical (unpaired) electrons. The number of hydrogen-bond donors (Lipinski definition) is 0. The van der Waals surface area contributed by atoms with Crippen LogP contribution in [0.4, 0.5) is 0 Å². The first kappa shape index (κ1) is 22.4. The third kappa shape index (κ3) is 4.66. The van der Waals surface area contributed by atoms with E-state index in [-0.39, 0.29) is 11.8 Å². The highest BCUT2D eigenvalue weighted by Crippen LogP contribution is 2.33. The Morgan fingerprint density at radius 1 is 0.906 bits per heavy atom. The molecule has 0 atom stereocenters. The van der Waals surface area contributed by atoms with Gasteiger partial charge in [0.05, 0.1) is 12.2 Å². The summed E-state index contributed by atoms with van der Waals surface area (Å²) in [7, 11) is 2.07. The average molecular weight is 454 g/mol. The van der Waals surface area contributed by atoms with Crippen LogP contribution in [0.1, 0.15) is 18.1 Å². The van der Waals surface area contributed by atoms with Crippen LogP contribution in [0.5, 0.6) is 5.75 Å². The lowest BCUT2D eigenvalue weighted by atomic mass is 10.0. The highest BCUT2D eigenvalue weighted by molar-refractivity contribution is 6.35. The molecule has 0 aliphatic carbocycles. The molecule has 0 spiro atoms. The Balaban J connectivity index is 1.62. The number of ether oxygens (including phenoxy) is 1. The van der Waals surface area contributed by atoms with Gasteiger partial charge < -0.3 is 14.5 Å². The van der Waals surface area contributed by atoms with Gasteiger partial charge in [0.1, 0.15) is 11.4 Å². The van der Waals surface area contributed by atoms with Crippen molar-refractivity contribution in [2.24, 2.45) is 0 Å². The van der Waals surface area contributed by atoms with Crippen molar-refractivity contribution in [1.82, 2.24) is 14.7 Å². The molecule has 0 unspecified atom stereocenters. The van der Waals surface area contributed by atoms with Crippen molar-refractivity contribution in [2.45, 2.75) is 13.3 Å². The quantitative estimate of drug-likeness (QED) is 0.602. The molecule has 32 heavy (non-hydrogen) atoms. The van der Waals surface area contributed by atoms with Crippen LogP contribution in [0.2, 0.25) is 5.02 Å². The maximum Gasteiger partial charge on any atom is 0.277 e. The molecular formula is C25H28ClN3O3. The SMILES string of the molecule is CCOc1ccc(C2=C(N3CCN(C)CC3)C(=O)N(CCc3ccc(Cl)cc3)C2=O)cc1. The van der Waals surface area contributed by atoms with Crippen LogP contribution in [-0.4, -0.2) is 72.9 Å². The van der Waals surface area contributed by atoms with E-state index in [2.05, 4.69) is 16.8 Å². The molecular weight excluding hydrogens is 426 g/mol. The third-order valence-electron chi connectivity index (χ3n) is 5.95. The monoisotopic (exact) mass is 453 g/mol. The zero-order chi connectivity index (χ0) is 22.7. The van der Waals surface area contributed by atoms with Crippen LogP contribution in [0.15, 0.2) is 54.2 Å². The number of amides is 2. The van der Waals surface area contributed by atoms with Crippen LogP contribution >= 0.6 is 11.6 Å². The van der Waals surface area contributed by atoms with Gasteiger partial charge in [-0.25, -0.2) is 0 Å². The lowest BCUT2D eigenvalue weighted by Crippen LogP contribution is -2.46. The van der Waals surface area contributed by atoms with Crippen molar-refractivity contribution < 1.29 is 14.3 Å². The van der Waals surface area contributed by atoms with Crippen LogP contribution in [0.25, 0.3) is 5.57 Å². The Kier molecular flexibility index (Phi) is 6.82. The zero-order valence-electron chi connectivity index (χ0n) is 18.5. The third-order valence-corrected chi connectivity index (χ3v) is 6.21. The Morgan fingerprint density at radius 3 is 2.19 bits per heavy atom. The van der Waals surface area contributed by atoms with E-state index in [0.29, 0.717) is 35.9 Å². The van der Waals surface area contributed by atoms with Crippen LogP contribution in [0, 0.1) is 0 Å². The fraction of sp³-hybridized carbons (Fsp3) is 0.360. The number of imide groups is 1. The molecule has 6 nitrogen and oxygen atoms in total. The summed E-state index contributed by atoms with van der Waals surface area (Å²) in [6, 6.07) is 14.9. The maximum absolute atomic E-state index is 13.5. The van der Waals surface area contributed by atoms with Gasteiger partial charge in [0, 0.05) is 37.7 Å². The molecule has 7 heteroatoms. The Morgan fingerprint density at radius 2 is 1.56 bits per heavy atom. The number of carbonyl (C=O) groups is 2. The second kappa shape index (κ2) is 9.76. The first-order valence-electron chi connectivity index (χ1n) is 11.0. The highest BCUT2D eigenvalue weighted by atomic mass is 35.5. The smallest absolute Gasteiger partial charge is 0.277 e. The van der Waals surface area contributed by atoms with Gasteiger partial charge in [0.15, 0.2) is 0 Å². The summed E-state index contributed by atoms with van der Waals surface area (Å²) in [5, 5.41) is 0.666. The van der Waals surface area contributed by atoms with Gasteiger partial charge >= 0.3 is 0 Å². The van der Waals surface area contributed by atoms with E-state index >= 15 is 0 Å². The van der Waals surface area contributed by atoms with Crippen molar-refractivity contribution in [3.05, 3.63) is 70.4 Å². The Bertz CT molecular complexity index is 1010. The lowest BCUT2D eigenvalue weighted by molar-refractivity contribution is -0.137. The summed E-state index contributed by atoms with van der Waals surface area (Å²) in [4.78, 5) is 32.6. The number of nitrogens with zero attached hydrogens (tertiary/aromatic N) is 3. The Labute approximate surface area is 194 Å². The van der Waals surface area contributed by atoms with Crippen LogP contribution in [-0.2, 0) is 16.0 Å². The first-order chi connectivity index (χ1) is 15.5. The fourth-order valence-corrected chi connectivity index (χ4v) is 4.25. The van der Waals surface area contributed by atoms with Gasteiger partial charge in [-0.05, 0) is 55.8 Å². The van der Waals surface area contributed by atoms with Crippen molar-refractivity contribution in [3.63, 3.8) is 0 Å². The van der Waals surface area contributed by atoms with Crippen molar-refractivity contribution in [2.75, 3.05) is 46.4 Å². The summed E-state index contributed by atoms with van der Waals surface area (Å²) in [6.45, 7) is 5.98. The number of hydrogen-bond acceptors (Lipinski definition) is 5. The predicted molar refractivity (Wildman–Crippen MR) is 125 cm³/mol. The van der Waals surface area contributed by atoms with Crippen molar-refractivity contribution >= 4 is 29.0 Å². The number of rotatable bonds is 7. The number of carbonyl (C=O) groups excluding carboxylic acids is 2. The summed E-state index contributed by atoms with van der Waals surface area (Å²) < 4.78 is 5.54. The van der Waals surface area contributed by atoms with E-state index in [4.69, 9.17) is 16.3 Å². The molecule has 2 heterocycles. The molecule has 2 aliphatic heterocycles. The average Bonchev–Trinajstić information content (AvgIpc) is 3.04. The zero-order valence-corrected chi connectivity index (χ0v) is 19.3. The molecule has 1 fully saturated rings. The number of piperazine rings is 1. The van der Waals surface area contributed by atoms with Crippen molar-refractivity contribution in [3.8, 4) is 5.75 Å². The summed E-state index contributed by atoms with van der Waals surface area (Å²) in [5.41, 5.74) is 2.78. The van der Waals surface area contributed by atoms with E-state index < -0.39 is 0 Å². The molecule has 168 valence electrons. The highest BCUT2D eigenvalue weighted by Gasteiger charge is 2.41. The number of likely N-dealkylation sites (N-methyl/N-ethyl adjacent to an activating group) is 1. The second-order valence-corrected chi connectivity index (χ2v) is 8.55. The molecule has 0 bridgehead atoms. The van der Waals surface area contributed by atoms with Gasteiger partial charge in [0.2, 0.25) is 0 Å². The minimum absolute atomic E-state index is 0.211. The summed E-state index contributed by atoms with van der Waals surface area (Å²) >= 11 is 5.98. The topological polar surface area (TPSA) is 53.1 Å². The summed E-state index contributed by atoms with van der Waals surface area (Å²) in [5.74, 6) is 0.300. The lowest BCUT2D eigenvalue weighted by Gasteiger charge is -2.34. The maximum atomic E-state index is 13.5. The van der Waals surface area contributed by atoms with Gasteiger partial charge in [-0.2, -0.15) is 0 Å². The van der Waals surface area contributed by atoms with Gasteiger partial charge in [-0.1, -0.05) is 35.9 Å². The predicted octanol–water partition coefficient (Wildman–Crippen LogP) is 3.31. The number of benzene rings is 2. The molecule has 2 aliphatic rings. The Hall–Kier alpha value is -2.83. The fourth-order valence-electron chi connectivity index (χ4n) is 4.13. The van der Waals surface area contributed by atoms with E-state index in [1.807, 2.05) is 55.5 Å².